The molecule has 3 amide bonds. The zero-order valence-corrected chi connectivity index (χ0v) is 15.9. The Morgan fingerprint density at radius 1 is 1.11 bits per heavy atom. The first-order chi connectivity index (χ1) is 13.4. The molecule has 146 valence electrons. The summed E-state index contributed by atoms with van der Waals surface area (Å²) in [5, 5.41) is 0.572. The fourth-order valence-electron chi connectivity index (χ4n) is 2.89. The number of amides is 3. The van der Waals surface area contributed by atoms with E-state index >= 15 is 0 Å². The van der Waals surface area contributed by atoms with Crippen molar-refractivity contribution in [3.8, 4) is 5.75 Å². The van der Waals surface area contributed by atoms with E-state index in [2.05, 4.69) is 0 Å². The maximum Gasteiger partial charge on any atom is 0.266 e. The third-order valence-corrected chi connectivity index (χ3v) is 4.68. The lowest BCUT2D eigenvalue weighted by molar-refractivity contribution is -0.128. The summed E-state index contributed by atoms with van der Waals surface area (Å²) in [6, 6.07) is 13.0. The van der Waals surface area contributed by atoms with Gasteiger partial charge in [-0.2, -0.15) is 0 Å². The van der Waals surface area contributed by atoms with Gasteiger partial charge in [0.1, 0.15) is 12.4 Å². The molecule has 0 aromatic heterocycles. The molecule has 1 fully saturated rings. The predicted octanol–water partition coefficient (Wildman–Crippen LogP) is 2.43. The largest absolute Gasteiger partial charge is 0.484 e. The van der Waals surface area contributed by atoms with Crippen LogP contribution in [0.25, 0.3) is 0 Å². The van der Waals surface area contributed by atoms with Crippen molar-refractivity contribution >= 4 is 35.0 Å². The lowest BCUT2D eigenvalue weighted by Gasteiger charge is -2.28. The van der Waals surface area contributed by atoms with Crippen LogP contribution in [-0.4, -0.2) is 42.4 Å². The highest BCUT2D eigenvalue weighted by atomic mass is 35.5. The Morgan fingerprint density at radius 3 is 2.36 bits per heavy atom. The van der Waals surface area contributed by atoms with Gasteiger partial charge in [-0.25, -0.2) is 0 Å². The maximum absolute atomic E-state index is 12.8. The third-order valence-electron chi connectivity index (χ3n) is 4.42. The number of nitrogens with two attached hydrogens (primary N) is 1. The van der Waals surface area contributed by atoms with Crippen LogP contribution in [0.5, 0.6) is 5.75 Å². The predicted molar refractivity (Wildman–Crippen MR) is 105 cm³/mol. The number of nitrogens with zero attached hydrogens (tertiary/aromatic N) is 2. The maximum atomic E-state index is 12.8. The molecule has 1 saturated heterocycles. The highest BCUT2D eigenvalue weighted by Gasteiger charge is 2.26. The third kappa shape index (κ3) is 4.80. The molecule has 1 aliphatic rings. The number of primary amides is 1. The minimum Gasteiger partial charge on any atom is -0.484 e. The second kappa shape index (κ2) is 8.75. The monoisotopic (exact) mass is 401 g/mol. The zero-order chi connectivity index (χ0) is 20.1. The Balaban J connectivity index is 1.76. The minimum atomic E-state index is -0.551. The van der Waals surface area contributed by atoms with E-state index in [1.807, 2.05) is 0 Å². The summed E-state index contributed by atoms with van der Waals surface area (Å²) < 4.78 is 5.55. The molecule has 0 saturated carbocycles. The summed E-state index contributed by atoms with van der Waals surface area (Å²) in [5.41, 5.74) is 6.16. The number of carbonyl (C=O) groups excluding carboxylic acids is 3. The number of likely N-dealkylation sites (tertiary alicyclic amines) is 1. The molecule has 7 nitrogen and oxygen atoms in total. The zero-order valence-electron chi connectivity index (χ0n) is 15.1. The van der Waals surface area contributed by atoms with Crippen LogP contribution in [0.4, 0.5) is 5.69 Å². The number of carbonyl (C=O) groups is 3. The van der Waals surface area contributed by atoms with Crippen LogP contribution in [-0.2, 0) is 9.59 Å². The summed E-state index contributed by atoms with van der Waals surface area (Å²) in [4.78, 5) is 39.2. The smallest absolute Gasteiger partial charge is 0.266 e. The van der Waals surface area contributed by atoms with E-state index in [0.717, 1.165) is 6.42 Å². The quantitative estimate of drug-likeness (QED) is 0.771. The molecule has 3 rings (SSSR count). The number of anilines is 1. The highest BCUT2D eigenvalue weighted by molar-refractivity contribution is 6.30. The van der Waals surface area contributed by atoms with Crippen molar-refractivity contribution in [2.24, 2.45) is 5.73 Å². The van der Waals surface area contributed by atoms with Crippen LogP contribution in [0, 0.1) is 0 Å². The first kappa shape index (κ1) is 19.7. The molecule has 2 aromatic rings. The number of rotatable bonds is 7. The Kier molecular flexibility index (Phi) is 6.16. The van der Waals surface area contributed by atoms with Crippen molar-refractivity contribution in [3.05, 3.63) is 59.1 Å². The summed E-state index contributed by atoms with van der Waals surface area (Å²) in [6.07, 6.45) is 1.24. The molecular formula is C20H20ClN3O4. The average Bonchev–Trinajstić information content (AvgIpc) is 3.10. The van der Waals surface area contributed by atoms with Crippen molar-refractivity contribution in [1.29, 1.82) is 0 Å². The van der Waals surface area contributed by atoms with Gasteiger partial charge in [0.2, 0.25) is 11.8 Å². The molecular weight excluding hydrogens is 382 g/mol. The first-order valence-electron chi connectivity index (χ1n) is 8.80. The van der Waals surface area contributed by atoms with Gasteiger partial charge >= 0.3 is 0 Å². The number of hydrogen-bond donors (Lipinski definition) is 1. The molecule has 0 atom stereocenters. The minimum absolute atomic E-state index is 0.00479. The van der Waals surface area contributed by atoms with Gasteiger partial charge in [0.15, 0.2) is 6.61 Å². The fourth-order valence-corrected chi connectivity index (χ4v) is 3.01. The Bertz CT molecular complexity index is 868. The van der Waals surface area contributed by atoms with Crippen LogP contribution >= 0.6 is 11.6 Å². The summed E-state index contributed by atoms with van der Waals surface area (Å²) in [6.45, 7) is 0.513. The number of ether oxygens (including phenoxy) is 1. The van der Waals surface area contributed by atoms with Gasteiger partial charge in [0.25, 0.3) is 5.91 Å². The van der Waals surface area contributed by atoms with E-state index < -0.39 is 5.91 Å². The van der Waals surface area contributed by atoms with Gasteiger partial charge in [-0.15, -0.1) is 0 Å². The van der Waals surface area contributed by atoms with E-state index in [0.29, 0.717) is 35.0 Å². The van der Waals surface area contributed by atoms with E-state index in [-0.39, 0.29) is 25.1 Å². The molecule has 8 heteroatoms. The van der Waals surface area contributed by atoms with Crippen molar-refractivity contribution in [3.63, 3.8) is 0 Å². The summed E-state index contributed by atoms with van der Waals surface area (Å²) in [7, 11) is 0. The van der Waals surface area contributed by atoms with Gasteiger partial charge in [0.05, 0.1) is 0 Å². The molecule has 0 radical (unpaired) electrons. The van der Waals surface area contributed by atoms with Crippen molar-refractivity contribution in [2.45, 2.75) is 12.8 Å². The SMILES string of the molecule is NC(=O)c1ccc(N(CN2CCCC2=O)C(=O)COc2ccc(Cl)cc2)cc1. The van der Waals surface area contributed by atoms with Crippen molar-refractivity contribution in [1.82, 2.24) is 4.90 Å². The molecule has 0 unspecified atom stereocenters. The van der Waals surface area contributed by atoms with Gasteiger partial charge in [-0.3, -0.25) is 19.3 Å². The van der Waals surface area contributed by atoms with Crippen LogP contribution < -0.4 is 15.4 Å². The molecule has 2 N–H and O–H groups in total. The molecule has 1 aliphatic heterocycles. The Hall–Kier alpha value is -3.06. The number of halogens is 1. The Morgan fingerprint density at radius 2 is 1.79 bits per heavy atom. The van der Waals surface area contributed by atoms with E-state index in [1.54, 1.807) is 53.4 Å². The molecule has 2 aromatic carbocycles. The second-order valence-electron chi connectivity index (χ2n) is 6.38. The summed E-state index contributed by atoms with van der Waals surface area (Å²) >= 11 is 5.85. The van der Waals surface area contributed by atoms with Gasteiger partial charge in [-0.05, 0) is 55.0 Å². The van der Waals surface area contributed by atoms with Gasteiger partial charge < -0.3 is 15.4 Å². The molecule has 0 aliphatic carbocycles. The molecule has 0 bridgehead atoms. The second-order valence-corrected chi connectivity index (χ2v) is 6.81. The summed E-state index contributed by atoms with van der Waals surface area (Å²) in [5.74, 6) is -0.351. The lowest BCUT2D eigenvalue weighted by atomic mass is 10.2. The van der Waals surface area contributed by atoms with E-state index in [1.165, 1.54) is 4.90 Å². The van der Waals surface area contributed by atoms with E-state index in [9.17, 15) is 14.4 Å². The topological polar surface area (TPSA) is 92.9 Å². The highest BCUT2D eigenvalue weighted by Crippen LogP contribution is 2.20. The first-order valence-corrected chi connectivity index (χ1v) is 9.18. The van der Waals surface area contributed by atoms with E-state index in [4.69, 9.17) is 22.1 Å². The van der Waals surface area contributed by atoms with Crippen molar-refractivity contribution < 1.29 is 19.1 Å². The standard InChI is InChI=1S/C20H20ClN3O4/c21-15-5-9-17(10-6-15)28-12-19(26)24(13-23-11-1-2-18(23)25)16-7-3-14(4-8-16)20(22)27/h3-10H,1-2,11-13H2,(H2,22,27). The molecule has 0 spiro atoms. The van der Waals surface area contributed by atoms with Gasteiger partial charge in [0, 0.05) is 29.2 Å². The van der Waals surface area contributed by atoms with Crippen LogP contribution in [0.15, 0.2) is 48.5 Å². The van der Waals surface area contributed by atoms with Crippen LogP contribution in [0.2, 0.25) is 5.02 Å². The lowest BCUT2D eigenvalue weighted by Crippen LogP contribution is -2.44. The number of benzene rings is 2. The molecule has 28 heavy (non-hydrogen) atoms. The normalized spacial score (nSPS) is 13.5. The molecule has 1 heterocycles. The average molecular weight is 402 g/mol. The van der Waals surface area contributed by atoms with Crippen LogP contribution in [0.1, 0.15) is 23.2 Å². The number of hydrogen-bond acceptors (Lipinski definition) is 4. The van der Waals surface area contributed by atoms with Crippen molar-refractivity contribution in [2.75, 3.05) is 24.7 Å². The Labute approximate surface area is 167 Å². The fraction of sp³-hybridized carbons (Fsp3) is 0.250. The van der Waals surface area contributed by atoms with Crippen LogP contribution in [0.3, 0.4) is 0 Å². The van der Waals surface area contributed by atoms with Gasteiger partial charge in [-0.1, -0.05) is 11.6 Å².